The average molecular weight is 314 g/mol. The Kier molecular flexibility index (Phi) is 4.62. The Morgan fingerprint density at radius 2 is 2.25 bits per heavy atom. The number of aryl methyl sites for hydroxylation is 1. The fourth-order valence-corrected chi connectivity index (χ4v) is 4.05. The molecular weight excluding hydrogens is 296 g/mol. The monoisotopic (exact) mass is 314 g/mol. The van der Waals surface area contributed by atoms with Crippen LogP contribution in [0.4, 0.5) is 0 Å². The maximum atomic E-state index is 12.1. The summed E-state index contributed by atoms with van der Waals surface area (Å²) in [5.74, 6) is 0.235. The molecule has 110 valence electrons. The number of hydrogen-bond acceptors (Lipinski definition) is 4. The molecule has 0 saturated carbocycles. The van der Waals surface area contributed by atoms with E-state index in [9.17, 15) is 13.2 Å². The van der Waals surface area contributed by atoms with Crippen molar-refractivity contribution in [3.05, 3.63) is 28.7 Å². The van der Waals surface area contributed by atoms with Gasteiger partial charge in [0.2, 0.25) is 10.0 Å². The number of nitrogens with two attached hydrogens (primary N) is 1. The largest absolute Gasteiger partial charge is 0.351 e. The van der Waals surface area contributed by atoms with Crippen molar-refractivity contribution in [3.8, 4) is 0 Å². The van der Waals surface area contributed by atoms with Crippen LogP contribution in [0.3, 0.4) is 0 Å². The molecule has 5 nitrogen and oxygen atoms in total. The molecule has 0 saturated heterocycles. The van der Waals surface area contributed by atoms with E-state index in [1.165, 1.54) is 6.07 Å². The second kappa shape index (κ2) is 6.07. The van der Waals surface area contributed by atoms with Crippen molar-refractivity contribution in [1.29, 1.82) is 0 Å². The van der Waals surface area contributed by atoms with Gasteiger partial charge in [0.25, 0.3) is 5.91 Å². The molecule has 20 heavy (non-hydrogen) atoms. The molecule has 1 aliphatic carbocycles. The van der Waals surface area contributed by atoms with Crippen LogP contribution < -0.4 is 10.5 Å². The Morgan fingerprint density at radius 3 is 2.80 bits per heavy atom. The maximum absolute atomic E-state index is 12.1. The Balaban J connectivity index is 2.02. The van der Waals surface area contributed by atoms with Crippen LogP contribution in [0.25, 0.3) is 0 Å². The number of allylic oxidation sites excluding steroid dienone is 2. The summed E-state index contributed by atoms with van der Waals surface area (Å²) in [6, 6.07) is 1.44. The quantitative estimate of drug-likeness (QED) is 0.830. The van der Waals surface area contributed by atoms with Crippen LogP contribution in [0.5, 0.6) is 0 Å². The second-order valence-electron chi connectivity index (χ2n) is 4.98. The van der Waals surface area contributed by atoms with Gasteiger partial charge in [-0.1, -0.05) is 12.2 Å². The first-order chi connectivity index (χ1) is 9.38. The average Bonchev–Trinajstić information content (AvgIpc) is 2.79. The summed E-state index contributed by atoms with van der Waals surface area (Å²) in [4.78, 5) is 12.5. The molecule has 0 aliphatic heterocycles. The van der Waals surface area contributed by atoms with Gasteiger partial charge in [0.05, 0.1) is 4.88 Å². The number of carbonyl (C=O) groups is 1. The Hall–Kier alpha value is -1.18. The molecule has 1 atom stereocenters. The van der Waals surface area contributed by atoms with E-state index in [4.69, 9.17) is 5.14 Å². The van der Waals surface area contributed by atoms with E-state index in [0.717, 1.165) is 30.6 Å². The Bertz CT molecular complexity index is 632. The molecular formula is C13H18N2O3S2. The van der Waals surface area contributed by atoms with Gasteiger partial charge in [-0.05, 0) is 43.7 Å². The molecule has 1 aliphatic rings. The number of rotatable bonds is 4. The standard InChI is InChI=1S/C13H18N2O3S2/c1-9-7-11(20(14,17)18)19-12(9)13(16)15-8-10-5-3-2-4-6-10/h2-3,7,10H,4-6,8H2,1H3,(H,15,16)(H2,14,17,18)/t10-/m1/s1. The molecule has 2 rings (SSSR count). The number of nitrogens with one attached hydrogen (secondary N) is 1. The highest BCUT2D eigenvalue weighted by molar-refractivity contribution is 7.91. The van der Waals surface area contributed by atoms with Gasteiger partial charge in [-0.25, -0.2) is 13.6 Å². The zero-order valence-corrected chi connectivity index (χ0v) is 12.9. The first kappa shape index (κ1) is 15.2. The van der Waals surface area contributed by atoms with Crippen LogP contribution in [-0.2, 0) is 10.0 Å². The number of hydrogen-bond donors (Lipinski definition) is 2. The van der Waals surface area contributed by atoms with E-state index in [2.05, 4.69) is 17.5 Å². The first-order valence-corrected chi connectivity index (χ1v) is 8.80. The molecule has 0 spiro atoms. The van der Waals surface area contributed by atoms with Gasteiger partial charge < -0.3 is 5.32 Å². The predicted octanol–water partition coefficient (Wildman–Crippen LogP) is 1.79. The first-order valence-electron chi connectivity index (χ1n) is 6.44. The summed E-state index contributed by atoms with van der Waals surface area (Å²) in [5.41, 5.74) is 0.639. The second-order valence-corrected chi connectivity index (χ2v) is 7.82. The van der Waals surface area contributed by atoms with Crippen molar-refractivity contribution in [1.82, 2.24) is 5.32 Å². The zero-order valence-electron chi connectivity index (χ0n) is 11.3. The topological polar surface area (TPSA) is 89.3 Å². The third kappa shape index (κ3) is 3.68. The fraction of sp³-hybridized carbons (Fsp3) is 0.462. The van der Waals surface area contributed by atoms with E-state index in [1.54, 1.807) is 6.92 Å². The molecule has 1 aromatic rings. The van der Waals surface area contributed by atoms with Gasteiger partial charge in [-0.3, -0.25) is 4.79 Å². The van der Waals surface area contributed by atoms with Gasteiger partial charge in [0, 0.05) is 6.54 Å². The van der Waals surface area contributed by atoms with Crippen molar-refractivity contribution >= 4 is 27.3 Å². The van der Waals surface area contributed by atoms with Crippen LogP contribution in [0.15, 0.2) is 22.4 Å². The maximum Gasteiger partial charge on any atom is 0.261 e. The van der Waals surface area contributed by atoms with Gasteiger partial charge >= 0.3 is 0 Å². The minimum atomic E-state index is -3.74. The number of thiophene rings is 1. The van der Waals surface area contributed by atoms with Gasteiger partial charge in [-0.15, -0.1) is 11.3 Å². The van der Waals surface area contributed by atoms with E-state index in [0.29, 0.717) is 22.9 Å². The lowest BCUT2D eigenvalue weighted by Crippen LogP contribution is -2.29. The molecule has 7 heteroatoms. The molecule has 1 aromatic heterocycles. The summed E-state index contributed by atoms with van der Waals surface area (Å²) >= 11 is 0.922. The zero-order chi connectivity index (χ0) is 14.8. The normalized spacial score (nSPS) is 19.0. The van der Waals surface area contributed by atoms with E-state index in [1.807, 2.05) is 0 Å². The molecule has 0 bridgehead atoms. The Morgan fingerprint density at radius 1 is 1.50 bits per heavy atom. The SMILES string of the molecule is Cc1cc(S(N)(=O)=O)sc1C(=O)NC[C@@H]1CC=CCC1. The molecule has 0 fully saturated rings. The lowest BCUT2D eigenvalue weighted by Gasteiger charge is -2.17. The molecule has 1 heterocycles. The number of carbonyl (C=O) groups excluding carboxylic acids is 1. The highest BCUT2D eigenvalue weighted by atomic mass is 32.2. The van der Waals surface area contributed by atoms with Crippen molar-refractivity contribution < 1.29 is 13.2 Å². The number of primary sulfonamides is 1. The van der Waals surface area contributed by atoms with Crippen LogP contribution >= 0.6 is 11.3 Å². The molecule has 0 radical (unpaired) electrons. The van der Waals surface area contributed by atoms with E-state index < -0.39 is 10.0 Å². The van der Waals surface area contributed by atoms with Gasteiger partial charge in [0.1, 0.15) is 4.21 Å². The summed E-state index contributed by atoms with van der Waals surface area (Å²) in [6.45, 7) is 2.33. The summed E-state index contributed by atoms with van der Waals surface area (Å²) in [6.07, 6.45) is 7.39. The van der Waals surface area contributed by atoms with Crippen LogP contribution in [0, 0.1) is 12.8 Å². The Labute approximate surface area is 122 Å². The van der Waals surface area contributed by atoms with Crippen molar-refractivity contribution in [2.75, 3.05) is 6.54 Å². The number of amides is 1. The highest BCUT2D eigenvalue weighted by Crippen LogP contribution is 2.25. The third-order valence-electron chi connectivity index (χ3n) is 3.31. The molecule has 0 unspecified atom stereocenters. The van der Waals surface area contributed by atoms with E-state index in [-0.39, 0.29) is 10.1 Å². The lowest BCUT2D eigenvalue weighted by atomic mass is 9.94. The van der Waals surface area contributed by atoms with Crippen molar-refractivity contribution in [3.63, 3.8) is 0 Å². The third-order valence-corrected chi connectivity index (χ3v) is 5.97. The predicted molar refractivity (Wildman–Crippen MR) is 79.2 cm³/mol. The van der Waals surface area contributed by atoms with Crippen molar-refractivity contribution in [2.45, 2.75) is 30.4 Å². The summed E-state index contributed by atoms with van der Waals surface area (Å²) in [7, 11) is -3.74. The van der Waals surface area contributed by atoms with Gasteiger partial charge in [-0.2, -0.15) is 0 Å². The minimum absolute atomic E-state index is 0.0285. The van der Waals surface area contributed by atoms with E-state index >= 15 is 0 Å². The molecule has 1 amide bonds. The summed E-state index contributed by atoms with van der Waals surface area (Å²) in [5, 5.41) is 7.95. The fourth-order valence-electron chi connectivity index (χ4n) is 2.18. The lowest BCUT2D eigenvalue weighted by molar-refractivity contribution is 0.0950. The summed E-state index contributed by atoms with van der Waals surface area (Å²) < 4.78 is 22.6. The molecule has 0 aromatic carbocycles. The van der Waals surface area contributed by atoms with Gasteiger partial charge in [0.15, 0.2) is 0 Å². The number of sulfonamides is 1. The minimum Gasteiger partial charge on any atom is -0.351 e. The molecule has 3 N–H and O–H groups in total. The smallest absolute Gasteiger partial charge is 0.261 e. The van der Waals surface area contributed by atoms with Crippen molar-refractivity contribution in [2.24, 2.45) is 11.1 Å². The van der Waals surface area contributed by atoms with Crippen LogP contribution in [0.2, 0.25) is 0 Å². The van der Waals surface area contributed by atoms with Crippen LogP contribution in [-0.4, -0.2) is 20.9 Å². The highest BCUT2D eigenvalue weighted by Gasteiger charge is 2.20. The van der Waals surface area contributed by atoms with Crippen LogP contribution in [0.1, 0.15) is 34.5 Å².